The summed E-state index contributed by atoms with van der Waals surface area (Å²) in [6.45, 7) is 0. The number of pyridine rings is 1. The second kappa shape index (κ2) is 3.63. The summed E-state index contributed by atoms with van der Waals surface area (Å²) in [4.78, 5) is 4.57. The average molecular weight is 265 g/mol. The number of aromatic nitrogens is 2. The maximum Gasteiger partial charge on any atom is 0.117 e. The molecule has 0 atom stereocenters. The molecule has 3 rings (SSSR count). The van der Waals surface area contributed by atoms with Gasteiger partial charge < -0.3 is 0 Å². The molecular weight excluding hydrogens is 252 g/mol. The van der Waals surface area contributed by atoms with Crippen LogP contribution in [-0.4, -0.2) is 9.38 Å². The molecule has 0 unspecified atom stereocenters. The first-order valence-electron chi connectivity index (χ1n) is 5.48. The van der Waals surface area contributed by atoms with E-state index in [2.05, 4.69) is 43.5 Å². The minimum Gasteiger partial charge on any atom is -0.290 e. The first-order valence-corrected chi connectivity index (χ1v) is 6.27. The standard InChI is InChI=1S/C12H13BrN2/c13-11-7-3-6-10-8-14-12(15(10)11)9-4-1-2-5-9/h3,6-9H,1-2,4-5H2. The van der Waals surface area contributed by atoms with Crippen LogP contribution >= 0.6 is 15.9 Å². The van der Waals surface area contributed by atoms with Crippen molar-refractivity contribution in [2.45, 2.75) is 31.6 Å². The Kier molecular flexibility index (Phi) is 2.28. The monoisotopic (exact) mass is 264 g/mol. The number of nitrogens with zero attached hydrogens (tertiary/aromatic N) is 2. The van der Waals surface area contributed by atoms with Gasteiger partial charge in [-0.3, -0.25) is 4.40 Å². The molecule has 0 N–H and O–H groups in total. The third-order valence-corrected chi connectivity index (χ3v) is 3.87. The van der Waals surface area contributed by atoms with Gasteiger partial charge in [-0.2, -0.15) is 0 Å². The molecule has 2 nitrogen and oxygen atoms in total. The van der Waals surface area contributed by atoms with Crippen molar-refractivity contribution < 1.29 is 0 Å². The molecule has 2 aromatic rings. The third kappa shape index (κ3) is 1.49. The second-order valence-corrected chi connectivity index (χ2v) is 5.02. The van der Waals surface area contributed by atoms with Crippen LogP contribution in [0.1, 0.15) is 37.4 Å². The van der Waals surface area contributed by atoms with Crippen LogP contribution in [0.15, 0.2) is 29.0 Å². The predicted molar refractivity (Wildman–Crippen MR) is 64.1 cm³/mol. The SMILES string of the molecule is Brc1cccc2cnc(C3CCCC3)n12. The predicted octanol–water partition coefficient (Wildman–Crippen LogP) is 3.75. The van der Waals surface area contributed by atoms with Crippen molar-refractivity contribution in [1.82, 2.24) is 9.38 Å². The van der Waals surface area contributed by atoms with E-state index in [1.165, 1.54) is 37.0 Å². The smallest absolute Gasteiger partial charge is 0.117 e. The van der Waals surface area contributed by atoms with Gasteiger partial charge in [-0.15, -0.1) is 0 Å². The first kappa shape index (κ1) is 9.40. The van der Waals surface area contributed by atoms with Gasteiger partial charge in [0.15, 0.2) is 0 Å². The Morgan fingerprint density at radius 2 is 2.07 bits per heavy atom. The summed E-state index contributed by atoms with van der Waals surface area (Å²) >= 11 is 3.60. The summed E-state index contributed by atoms with van der Waals surface area (Å²) in [5.74, 6) is 1.89. The van der Waals surface area contributed by atoms with E-state index in [0.29, 0.717) is 5.92 Å². The van der Waals surface area contributed by atoms with Crippen molar-refractivity contribution in [2.75, 3.05) is 0 Å². The molecule has 78 valence electrons. The summed E-state index contributed by atoms with van der Waals surface area (Å²) in [5, 5.41) is 0. The fraction of sp³-hybridized carbons (Fsp3) is 0.417. The quantitative estimate of drug-likeness (QED) is 0.718. The summed E-state index contributed by atoms with van der Waals surface area (Å²) in [6.07, 6.45) is 7.26. The van der Waals surface area contributed by atoms with Gasteiger partial charge in [0.25, 0.3) is 0 Å². The van der Waals surface area contributed by atoms with Gasteiger partial charge in [0.05, 0.1) is 16.3 Å². The highest BCUT2D eigenvalue weighted by Crippen LogP contribution is 2.34. The largest absolute Gasteiger partial charge is 0.290 e. The van der Waals surface area contributed by atoms with Crippen LogP contribution in [0.2, 0.25) is 0 Å². The highest BCUT2D eigenvalue weighted by atomic mass is 79.9. The summed E-state index contributed by atoms with van der Waals surface area (Å²) in [6, 6.07) is 6.24. The molecule has 3 heteroatoms. The van der Waals surface area contributed by atoms with E-state index < -0.39 is 0 Å². The van der Waals surface area contributed by atoms with E-state index in [9.17, 15) is 0 Å². The molecule has 0 amide bonds. The fourth-order valence-corrected chi connectivity index (χ4v) is 3.04. The second-order valence-electron chi connectivity index (χ2n) is 4.21. The molecule has 1 aliphatic carbocycles. The number of rotatable bonds is 1. The number of hydrogen-bond acceptors (Lipinski definition) is 1. The van der Waals surface area contributed by atoms with E-state index in [4.69, 9.17) is 0 Å². The molecule has 0 bridgehead atoms. The summed E-state index contributed by atoms with van der Waals surface area (Å²) in [5.41, 5.74) is 1.19. The van der Waals surface area contributed by atoms with E-state index in [1.807, 2.05) is 6.20 Å². The van der Waals surface area contributed by atoms with Crippen molar-refractivity contribution >= 4 is 21.4 Å². The molecule has 2 heterocycles. The summed E-state index contributed by atoms with van der Waals surface area (Å²) in [7, 11) is 0. The van der Waals surface area contributed by atoms with Gasteiger partial charge in [0.1, 0.15) is 5.82 Å². The first-order chi connectivity index (χ1) is 7.36. The lowest BCUT2D eigenvalue weighted by molar-refractivity contribution is 0.662. The van der Waals surface area contributed by atoms with Crippen LogP contribution < -0.4 is 0 Å². The number of halogens is 1. The number of fused-ring (bicyclic) bond motifs is 1. The van der Waals surface area contributed by atoms with Crippen LogP contribution in [0.4, 0.5) is 0 Å². The van der Waals surface area contributed by atoms with Crippen LogP contribution in [0.25, 0.3) is 5.52 Å². The van der Waals surface area contributed by atoms with Crippen LogP contribution in [0, 0.1) is 0 Å². The molecule has 2 aromatic heterocycles. The molecule has 1 aliphatic rings. The zero-order valence-corrected chi connectivity index (χ0v) is 10.1. The molecule has 0 saturated heterocycles. The normalized spacial score (nSPS) is 17.7. The van der Waals surface area contributed by atoms with Gasteiger partial charge in [0, 0.05) is 5.92 Å². The number of imidazole rings is 1. The van der Waals surface area contributed by atoms with Gasteiger partial charge >= 0.3 is 0 Å². The minimum atomic E-state index is 0.659. The topological polar surface area (TPSA) is 17.3 Å². The number of hydrogen-bond donors (Lipinski definition) is 0. The fourth-order valence-electron chi connectivity index (χ4n) is 2.50. The summed E-state index contributed by atoms with van der Waals surface area (Å²) < 4.78 is 3.34. The van der Waals surface area contributed by atoms with Crippen molar-refractivity contribution in [3.05, 3.63) is 34.8 Å². The molecular formula is C12H13BrN2. The van der Waals surface area contributed by atoms with E-state index in [-0.39, 0.29) is 0 Å². The molecule has 0 aromatic carbocycles. The van der Waals surface area contributed by atoms with Crippen LogP contribution in [-0.2, 0) is 0 Å². The zero-order chi connectivity index (χ0) is 10.3. The van der Waals surface area contributed by atoms with Crippen molar-refractivity contribution in [1.29, 1.82) is 0 Å². The lowest BCUT2D eigenvalue weighted by Gasteiger charge is -2.09. The highest BCUT2D eigenvalue weighted by Gasteiger charge is 2.21. The Morgan fingerprint density at radius 3 is 2.87 bits per heavy atom. The molecule has 0 aliphatic heterocycles. The van der Waals surface area contributed by atoms with Gasteiger partial charge in [-0.05, 0) is 40.9 Å². The lowest BCUT2D eigenvalue weighted by Crippen LogP contribution is -2.00. The molecule has 15 heavy (non-hydrogen) atoms. The molecule has 0 radical (unpaired) electrons. The molecule has 0 spiro atoms. The lowest BCUT2D eigenvalue weighted by atomic mass is 10.1. The zero-order valence-electron chi connectivity index (χ0n) is 8.49. The minimum absolute atomic E-state index is 0.659. The Labute approximate surface area is 97.5 Å². The molecule has 1 fully saturated rings. The average Bonchev–Trinajstić information content (AvgIpc) is 2.85. The van der Waals surface area contributed by atoms with E-state index in [0.717, 1.165) is 4.60 Å². The van der Waals surface area contributed by atoms with Gasteiger partial charge in [0.2, 0.25) is 0 Å². The maximum atomic E-state index is 4.57. The van der Waals surface area contributed by atoms with E-state index in [1.54, 1.807) is 0 Å². The Bertz CT molecular complexity index is 483. The van der Waals surface area contributed by atoms with Crippen molar-refractivity contribution in [2.24, 2.45) is 0 Å². The Hall–Kier alpha value is -0.830. The maximum absolute atomic E-state index is 4.57. The third-order valence-electron chi connectivity index (χ3n) is 3.25. The van der Waals surface area contributed by atoms with Crippen molar-refractivity contribution in [3.8, 4) is 0 Å². The van der Waals surface area contributed by atoms with E-state index >= 15 is 0 Å². The van der Waals surface area contributed by atoms with Gasteiger partial charge in [-0.1, -0.05) is 18.9 Å². The van der Waals surface area contributed by atoms with Crippen LogP contribution in [0.3, 0.4) is 0 Å². The Balaban J connectivity index is 2.18. The Morgan fingerprint density at radius 1 is 1.27 bits per heavy atom. The highest BCUT2D eigenvalue weighted by molar-refractivity contribution is 9.10. The molecule has 1 saturated carbocycles. The van der Waals surface area contributed by atoms with Gasteiger partial charge in [-0.25, -0.2) is 4.98 Å². The van der Waals surface area contributed by atoms with Crippen LogP contribution in [0.5, 0.6) is 0 Å². The van der Waals surface area contributed by atoms with Crippen molar-refractivity contribution in [3.63, 3.8) is 0 Å².